The van der Waals surface area contributed by atoms with Crippen LogP contribution in [-0.2, 0) is 13.2 Å². The lowest BCUT2D eigenvalue weighted by atomic mass is 10.1. The second-order valence-corrected chi connectivity index (χ2v) is 5.11. The van der Waals surface area contributed by atoms with Gasteiger partial charge in [0.15, 0.2) is 5.78 Å². The Balaban J connectivity index is 2.14. The number of ether oxygens (including phenoxy) is 1. The highest BCUT2D eigenvalue weighted by molar-refractivity contribution is 9.10. The van der Waals surface area contributed by atoms with E-state index in [-0.39, 0.29) is 5.78 Å². The van der Waals surface area contributed by atoms with E-state index in [4.69, 9.17) is 4.74 Å². The fourth-order valence-corrected chi connectivity index (χ4v) is 2.06. The molecule has 1 aromatic carbocycles. The quantitative estimate of drug-likeness (QED) is 0.792. The van der Waals surface area contributed by atoms with Crippen molar-refractivity contribution >= 4 is 21.7 Å². The van der Waals surface area contributed by atoms with E-state index in [9.17, 15) is 4.79 Å². The van der Waals surface area contributed by atoms with Crippen LogP contribution in [0.5, 0.6) is 5.75 Å². The molecule has 1 heterocycles. The molecule has 0 aliphatic heterocycles. The van der Waals surface area contributed by atoms with Crippen LogP contribution in [-0.4, -0.2) is 15.6 Å². The van der Waals surface area contributed by atoms with Gasteiger partial charge in [-0.15, -0.1) is 0 Å². The first-order chi connectivity index (χ1) is 9.10. The molecule has 5 heteroatoms. The summed E-state index contributed by atoms with van der Waals surface area (Å²) in [6.45, 7) is 4.79. The molecule has 4 nitrogen and oxygen atoms in total. The van der Waals surface area contributed by atoms with Gasteiger partial charge in [-0.05, 0) is 32.0 Å². The van der Waals surface area contributed by atoms with Crippen molar-refractivity contribution in [1.29, 1.82) is 0 Å². The van der Waals surface area contributed by atoms with E-state index in [0.29, 0.717) is 17.9 Å². The highest BCUT2D eigenvalue weighted by Gasteiger charge is 2.09. The lowest BCUT2D eigenvalue weighted by Gasteiger charge is -2.09. The van der Waals surface area contributed by atoms with Crippen LogP contribution < -0.4 is 4.74 Å². The van der Waals surface area contributed by atoms with E-state index < -0.39 is 0 Å². The molecule has 0 fully saturated rings. The molecule has 0 amide bonds. The maximum Gasteiger partial charge on any atom is 0.163 e. The third-order valence-corrected chi connectivity index (χ3v) is 3.22. The second kappa shape index (κ2) is 6.02. The summed E-state index contributed by atoms with van der Waals surface area (Å²) in [4.78, 5) is 11.5. The predicted octanol–water partition coefficient (Wildman–Crippen LogP) is 3.45. The summed E-state index contributed by atoms with van der Waals surface area (Å²) >= 11 is 3.38. The Kier molecular flexibility index (Phi) is 4.37. The van der Waals surface area contributed by atoms with Gasteiger partial charge < -0.3 is 4.74 Å². The molecule has 19 heavy (non-hydrogen) atoms. The average Bonchev–Trinajstić information content (AvgIpc) is 2.84. The Bertz CT molecular complexity index is 593. The number of halogens is 1. The lowest BCUT2D eigenvalue weighted by molar-refractivity contribution is 0.101. The molecule has 2 aromatic rings. The Morgan fingerprint density at radius 2 is 2.26 bits per heavy atom. The number of benzene rings is 1. The molecular weight excluding hydrogens is 308 g/mol. The molecule has 0 atom stereocenters. The zero-order valence-corrected chi connectivity index (χ0v) is 12.5. The van der Waals surface area contributed by atoms with Crippen molar-refractivity contribution in [2.24, 2.45) is 0 Å². The van der Waals surface area contributed by atoms with Gasteiger partial charge in [0.25, 0.3) is 0 Å². The minimum Gasteiger partial charge on any atom is -0.488 e. The van der Waals surface area contributed by atoms with Gasteiger partial charge in [-0.1, -0.05) is 15.9 Å². The van der Waals surface area contributed by atoms with Crippen molar-refractivity contribution < 1.29 is 9.53 Å². The van der Waals surface area contributed by atoms with E-state index in [1.165, 1.54) is 6.92 Å². The van der Waals surface area contributed by atoms with Crippen LogP contribution in [0.25, 0.3) is 0 Å². The summed E-state index contributed by atoms with van der Waals surface area (Å²) in [6.07, 6.45) is 3.71. The fraction of sp³-hybridized carbons (Fsp3) is 0.286. The summed E-state index contributed by atoms with van der Waals surface area (Å²) in [5.41, 5.74) is 1.57. The highest BCUT2D eigenvalue weighted by atomic mass is 79.9. The molecule has 100 valence electrons. The summed E-state index contributed by atoms with van der Waals surface area (Å²) in [5, 5.41) is 4.18. The van der Waals surface area contributed by atoms with Crippen LogP contribution in [0, 0.1) is 0 Å². The van der Waals surface area contributed by atoms with Gasteiger partial charge in [-0.2, -0.15) is 5.10 Å². The van der Waals surface area contributed by atoms with Crippen molar-refractivity contribution in [1.82, 2.24) is 9.78 Å². The Morgan fingerprint density at radius 3 is 2.89 bits per heavy atom. The number of aromatic nitrogens is 2. The fourth-order valence-electron chi connectivity index (χ4n) is 1.72. The first-order valence-corrected chi connectivity index (χ1v) is 6.84. The second-order valence-electron chi connectivity index (χ2n) is 4.19. The standard InChI is InChI=1S/C14H15BrN2O2/c1-3-17-8-11(7-16-17)9-19-14-6-12(15)4-5-13(14)10(2)18/h4-8H,3,9H2,1-2H3. The van der Waals surface area contributed by atoms with Crippen molar-refractivity contribution in [3.05, 3.63) is 46.2 Å². The van der Waals surface area contributed by atoms with Crippen LogP contribution in [0.1, 0.15) is 29.8 Å². The number of carbonyl (C=O) groups is 1. The Labute approximate surface area is 120 Å². The number of carbonyl (C=O) groups excluding carboxylic acids is 1. The molecule has 0 bridgehead atoms. The zero-order valence-electron chi connectivity index (χ0n) is 10.9. The number of ketones is 1. The molecule has 0 unspecified atom stereocenters. The molecule has 0 aliphatic rings. The van der Waals surface area contributed by atoms with Crippen molar-refractivity contribution in [3.8, 4) is 5.75 Å². The van der Waals surface area contributed by atoms with Crippen LogP contribution in [0.3, 0.4) is 0 Å². The largest absolute Gasteiger partial charge is 0.488 e. The first kappa shape index (κ1) is 13.8. The Hall–Kier alpha value is -1.62. The number of hydrogen-bond donors (Lipinski definition) is 0. The van der Waals surface area contributed by atoms with Gasteiger partial charge in [0.2, 0.25) is 0 Å². The van der Waals surface area contributed by atoms with Crippen molar-refractivity contribution in [3.63, 3.8) is 0 Å². The molecule has 0 saturated heterocycles. The SMILES string of the molecule is CCn1cc(COc2cc(Br)ccc2C(C)=O)cn1. The highest BCUT2D eigenvalue weighted by Crippen LogP contribution is 2.25. The molecule has 0 spiro atoms. The molecule has 0 radical (unpaired) electrons. The summed E-state index contributed by atoms with van der Waals surface area (Å²) < 4.78 is 8.44. The van der Waals surface area contributed by atoms with Gasteiger partial charge >= 0.3 is 0 Å². The van der Waals surface area contributed by atoms with Crippen LogP contribution in [0.2, 0.25) is 0 Å². The first-order valence-electron chi connectivity index (χ1n) is 6.04. The van der Waals surface area contributed by atoms with Crippen molar-refractivity contribution in [2.75, 3.05) is 0 Å². The van der Waals surface area contributed by atoms with Gasteiger partial charge in [0.05, 0.1) is 11.8 Å². The number of hydrogen-bond acceptors (Lipinski definition) is 3. The van der Waals surface area contributed by atoms with E-state index in [1.807, 2.05) is 23.9 Å². The van der Waals surface area contributed by atoms with Crippen LogP contribution >= 0.6 is 15.9 Å². The maximum absolute atomic E-state index is 11.5. The maximum atomic E-state index is 11.5. The number of Topliss-reactive ketones (excluding diaryl/α,β-unsaturated/α-hetero) is 1. The smallest absolute Gasteiger partial charge is 0.163 e. The molecule has 1 aromatic heterocycles. The average molecular weight is 323 g/mol. The topological polar surface area (TPSA) is 44.1 Å². The number of aryl methyl sites for hydroxylation is 1. The van der Waals surface area contributed by atoms with Gasteiger partial charge in [-0.3, -0.25) is 9.48 Å². The summed E-state index contributed by atoms with van der Waals surface area (Å²) in [7, 11) is 0. The van der Waals surface area contributed by atoms with E-state index in [1.54, 1.807) is 18.3 Å². The van der Waals surface area contributed by atoms with E-state index in [2.05, 4.69) is 21.0 Å². The molecular formula is C14H15BrN2O2. The van der Waals surface area contributed by atoms with Crippen LogP contribution in [0.15, 0.2) is 35.1 Å². The number of nitrogens with zero attached hydrogens (tertiary/aromatic N) is 2. The molecule has 0 saturated carbocycles. The van der Waals surface area contributed by atoms with Gasteiger partial charge in [0.1, 0.15) is 12.4 Å². The normalized spacial score (nSPS) is 10.5. The minimum atomic E-state index is -0.00764. The molecule has 2 rings (SSSR count). The summed E-state index contributed by atoms with van der Waals surface area (Å²) in [5.74, 6) is 0.581. The van der Waals surface area contributed by atoms with E-state index in [0.717, 1.165) is 16.6 Å². The van der Waals surface area contributed by atoms with E-state index >= 15 is 0 Å². The van der Waals surface area contributed by atoms with Gasteiger partial charge in [0, 0.05) is 22.8 Å². The predicted molar refractivity (Wildman–Crippen MR) is 76.4 cm³/mol. The summed E-state index contributed by atoms with van der Waals surface area (Å²) in [6, 6.07) is 5.40. The molecule has 0 N–H and O–H groups in total. The lowest BCUT2D eigenvalue weighted by Crippen LogP contribution is -2.01. The monoisotopic (exact) mass is 322 g/mol. The Morgan fingerprint density at radius 1 is 1.47 bits per heavy atom. The third-order valence-electron chi connectivity index (χ3n) is 2.73. The van der Waals surface area contributed by atoms with Crippen molar-refractivity contribution in [2.45, 2.75) is 27.0 Å². The van der Waals surface area contributed by atoms with Gasteiger partial charge in [-0.25, -0.2) is 0 Å². The molecule has 0 aliphatic carbocycles. The number of rotatable bonds is 5. The van der Waals surface area contributed by atoms with Crippen LogP contribution in [0.4, 0.5) is 0 Å². The minimum absolute atomic E-state index is 0.00764. The third kappa shape index (κ3) is 3.44. The zero-order chi connectivity index (χ0) is 13.8.